The van der Waals surface area contributed by atoms with E-state index in [2.05, 4.69) is 30.7 Å². The van der Waals surface area contributed by atoms with Gasteiger partial charge in [0.25, 0.3) is 0 Å². The summed E-state index contributed by atoms with van der Waals surface area (Å²) in [5.41, 5.74) is 0. The van der Waals surface area contributed by atoms with Crippen LogP contribution in [0.3, 0.4) is 0 Å². The van der Waals surface area contributed by atoms with Crippen LogP contribution in [0.1, 0.15) is 12.8 Å². The minimum Gasteiger partial charge on any atom is -0.217 e. The van der Waals surface area contributed by atoms with Gasteiger partial charge in [0.2, 0.25) is 8.27 Å². The van der Waals surface area contributed by atoms with Crippen molar-refractivity contribution in [3.63, 3.8) is 0 Å². The van der Waals surface area contributed by atoms with Crippen LogP contribution < -0.4 is 0 Å². The van der Waals surface area contributed by atoms with E-state index in [1.54, 1.807) is 0 Å². The van der Waals surface area contributed by atoms with Gasteiger partial charge in [-0.1, -0.05) is 15.9 Å². The van der Waals surface area contributed by atoms with E-state index in [-0.39, 0.29) is 5.75 Å². The molecule has 0 aliphatic rings. The maximum Gasteiger partial charge on any atom is 0.209 e. The summed E-state index contributed by atoms with van der Waals surface area (Å²) in [5, 5.41) is 0.871. The standard InChI is InChI=1S/C4H8Br2O2S/c5-3-1-2-4-9(6,7)8/h1-4H2. The lowest BCUT2D eigenvalue weighted by Gasteiger charge is -1.91. The molecule has 0 fully saturated rings. The molecule has 9 heavy (non-hydrogen) atoms. The minimum atomic E-state index is -2.90. The van der Waals surface area contributed by atoms with Crippen LogP contribution in [0.5, 0.6) is 0 Å². The zero-order chi connectivity index (χ0) is 7.33. The largest absolute Gasteiger partial charge is 0.217 e. The van der Waals surface area contributed by atoms with E-state index in [1.807, 2.05) is 0 Å². The van der Waals surface area contributed by atoms with Gasteiger partial charge in [-0.3, -0.25) is 0 Å². The molecule has 0 aromatic carbocycles. The monoisotopic (exact) mass is 278 g/mol. The first-order chi connectivity index (χ1) is 4.06. The van der Waals surface area contributed by atoms with E-state index < -0.39 is 8.27 Å². The zero-order valence-corrected chi connectivity index (χ0v) is 8.80. The molecule has 0 saturated heterocycles. The summed E-state index contributed by atoms with van der Waals surface area (Å²) in [7, 11) is -2.90. The maximum atomic E-state index is 10.4. The van der Waals surface area contributed by atoms with Crippen molar-refractivity contribution >= 4 is 39.0 Å². The molecule has 0 aromatic heterocycles. The van der Waals surface area contributed by atoms with Crippen LogP contribution in [0.4, 0.5) is 0 Å². The van der Waals surface area contributed by atoms with Crippen molar-refractivity contribution in [3.05, 3.63) is 0 Å². The lowest BCUT2D eigenvalue weighted by molar-refractivity contribution is 0.608. The molecule has 2 nitrogen and oxygen atoms in total. The van der Waals surface area contributed by atoms with Crippen LogP contribution >= 0.6 is 30.7 Å². The minimum absolute atomic E-state index is 0.235. The molecule has 56 valence electrons. The Bertz CT molecular complexity index is 152. The third-order valence-electron chi connectivity index (χ3n) is 0.772. The van der Waals surface area contributed by atoms with Gasteiger partial charge in [0.1, 0.15) is 0 Å². The third-order valence-corrected chi connectivity index (χ3v) is 3.08. The summed E-state index contributed by atoms with van der Waals surface area (Å²) in [6, 6.07) is 0. The average molecular weight is 280 g/mol. The molecule has 0 rings (SSSR count). The molecule has 0 aromatic rings. The molecular formula is C4H8Br2O2S. The molecular weight excluding hydrogens is 272 g/mol. The number of hydrogen-bond donors (Lipinski definition) is 0. The molecule has 0 heterocycles. The molecule has 0 aliphatic carbocycles. The summed E-state index contributed by atoms with van der Waals surface area (Å²) >= 11 is 5.77. The van der Waals surface area contributed by atoms with Crippen LogP contribution in [0, 0.1) is 0 Å². The first-order valence-corrected chi connectivity index (χ1v) is 7.16. The predicted octanol–water partition coefficient (Wildman–Crippen LogP) is 1.89. The Labute approximate surface area is 71.3 Å². The van der Waals surface area contributed by atoms with Crippen LogP contribution in [-0.2, 0) is 8.27 Å². The number of halogens is 2. The number of unbranched alkanes of at least 4 members (excludes halogenated alkanes) is 1. The Kier molecular flexibility index (Phi) is 5.16. The molecule has 0 unspecified atom stereocenters. The molecule has 0 radical (unpaired) electrons. The van der Waals surface area contributed by atoms with Crippen LogP contribution in [0.25, 0.3) is 0 Å². The molecule has 5 heteroatoms. The maximum absolute atomic E-state index is 10.4. The average Bonchev–Trinajstić information content (AvgIpc) is 1.63. The summed E-state index contributed by atoms with van der Waals surface area (Å²) in [4.78, 5) is 0. The van der Waals surface area contributed by atoms with Crippen molar-refractivity contribution in [2.45, 2.75) is 12.8 Å². The summed E-state index contributed by atoms with van der Waals surface area (Å²) in [6.07, 6.45) is 1.63. The fourth-order valence-electron chi connectivity index (χ4n) is 0.369. The van der Waals surface area contributed by atoms with E-state index in [9.17, 15) is 8.42 Å². The van der Waals surface area contributed by atoms with Crippen LogP contribution in [0.15, 0.2) is 0 Å². The molecule has 0 aliphatic heterocycles. The zero-order valence-electron chi connectivity index (χ0n) is 4.81. The van der Waals surface area contributed by atoms with Crippen LogP contribution in [0.2, 0.25) is 0 Å². The van der Waals surface area contributed by atoms with Crippen molar-refractivity contribution < 1.29 is 8.42 Å². The van der Waals surface area contributed by atoms with E-state index >= 15 is 0 Å². The third kappa shape index (κ3) is 8.91. The first-order valence-electron chi connectivity index (χ1n) is 2.54. The van der Waals surface area contributed by atoms with E-state index in [1.165, 1.54) is 0 Å². The van der Waals surface area contributed by atoms with E-state index in [4.69, 9.17) is 0 Å². The first kappa shape index (κ1) is 9.91. The number of rotatable bonds is 4. The highest BCUT2D eigenvalue weighted by Crippen LogP contribution is 2.04. The Morgan fingerprint density at radius 2 is 1.78 bits per heavy atom. The predicted molar refractivity (Wildman–Crippen MR) is 45.7 cm³/mol. The van der Waals surface area contributed by atoms with Crippen molar-refractivity contribution in [2.75, 3.05) is 11.1 Å². The van der Waals surface area contributed by atoms with Crippen molar-refractivity contribution in [1.29, 1.82) is 0 Å². The number of hydrogen-bond acceptors (Lipinski definition) is 2. The second-order valence-corrected chi connectivity index (χ2v) is 6.88. The molecule has 0 spiro atoms. The van der Waals surface area contributed by atoms with Gasteiger partial charge in [0.05, 0.1) is 20.6 Å². The topological polar surface area (TPSA) is 34.1 Å². The second kappa shape index (κ2) is 4.68. The summed E-state index contributed by atoms with van der Waals surface area (Å²) in [6.45, 7) is 0. The van der Waals surface area contributed by atoms with Crippen molar-refractivity contribution in [1.82, 2.24) is 0 Å². The van der Waals surface area contributed by atoms with E-state index in [0.29, 0.717) is 0 Å². The fourth-order valence-corrected chi connectivity index (χ4v) is 2.00. The number of alkyl halides is 1. The Hall–Kier alpha value is 0.910. The molecule has 0 amide bonds. The smallest absolute Gasteiger partial charge is 0.209 e. The Morgan fingerprint density at radius 3 is 2.11 bits per heavy atom. The van der Waals surface area contributed by atoms with Gasteiger partial charge in [-0.25, -0.2) is 8.42 Å². The van der Waals surface area contributed by atoms with Crippen molar-refractivity contribution in [3.8, 4) is 0 Å². The SMILES string of the molecule is O=S(=O)(Br)CCCCBr. The highest BCUT2D eigenvalue weighted by molar-refractivity contribution is 9.47. The van der Waals surface area contributed by atoms with Crippen molar-refractivity contribution in [2.24, 2.45) is 0 Å². The van der Waals surface area contributed by atoms with Gasteiger partial charge in [-0.05, 0) is 12.8 Å². The van der Waals surface area contributed by atoms with Crippen LogP contribution in [-0.4, -0.2) is 19.5 Å². The molecule has 0 bridgehead atoms. The van der Waals surface area contributed by atoms with Gasteiger partial charge in [0, 0.05) is 5.33 Å². The second-order valence-electron chi connectivity index (χ2n) is 1.64. The Morgan fingerprint density at radius 1 is 1.22 bits per heavy atom. The molecule has 0 N–H and O–H groups in total. The summed E-state index contributed by atoms with van der Waals surface area (Å²) in [5.74, 6) is 0.235. The van der Waals surface area contributed by atoms with Gasteiger partial charge in [-0.2, -0.15) is 0 Å². The van der Waals surface area contributed by atoms with Gasteiger partial charge >= 0.3 is 0 Å². The Balaban J connectivity index is 3.30. The quantitative estimate of drug-likeness (QED) is 0.447. The highest BCUT2D eigenvalue weighted by Gasteiger charge is 2.01. The molecule has 0 atom stereocenters. The van der Waals surface area contributed by atoms with Gasteiger partial charge in [0.15, 0.2) is 0 Å². The van der Waals surface area contributed by atoms with E-state index in [0.717, 1.165) is 18.2 Å². The highest BCUT2D eigenvalue weighted by atomic mass is 79.9. The fraction of sp³-hybridized carbons (Fsp3) is 1.00. The lowest BCUT2D eigenvalue weighted by atomic mass is 10.4. The molecule has 0 saturated carbocycles. The normalized spacial score (nSPS) is 11.8. The lowest BCUT2D eigenvalue weighted by Crippen LogP contribution is -1.95. The van der Waals surface area contributed by atoms with Gasteiger partial charge < -0.3 is 0 Å². The van der Waals surface area contributed by atoms with Gasteiger partial charge in [-0.15, -0.1) is 0 Å². The summed E-state index contributed by atoms with van der Waals surface area (Å²) < 4.78 is 20.8.